The quantitative estimate of drug-likeness (QED) is 0.189. The first-order valence-corrected chi connectivity index (χ1v) is 14.4. The number of carbonyl (C=O) groups excluding carboxylic acids is 2. The number of nitrogens with one attached hydrogen (secondary N) is 1. The molecule has 0 bridgehead atoms. The summed E-state index contributed by atoms with van der Waals surface area (Å²) in [5.74, 6) is -0.437. The number of rotatable bonds is 18. The number of benzene rings is 2. The van der Waals surface area contributed by atoms with E-state index >= 15 is 0 Å². The molecule has 3 aromatic rings. The second kappa shape index (κ2) is 16.7. The van der Waals surface area contributed by atoms with E-state index < -0.39 is 0 Å². The van der Waals surface area contributed by atoms with Crippen molar-refractivity contribution >= 4 is 22.7 Å². The highest BCUT2D eigenvalue weighted by molar-refractivity contribution is 5.85. The van der Waals surface area contributed by atoms with Crippen molar-refractivity contribution in [1.82, 2.24) is 14.8 Å². The lowest BCUT2D eigenvalue weighted by molar-refractivity contribution is -0.141. The Morgan fingerprint density at radius 2 is 1.59 bits per heavy atom. The second-order valence-corrected chi connectivity index (χ2v) is 10.2. The molecule has 212 valence electrons. The lowest BCUT2D eigenvalue weighted by Crippen LogP contribution is -2.44. The van der Waals surface area contributed by atoms with E-state index in [-0.39, 0.29) is 24.2 Å². The number of hydrogen-bond donors (Lipinski definition) is 1. The molecule has 1 N–H and O–H groups in total. The van der Waals surface area contributed by atoms with E-state index in [2.05, 4.69) is 18.0 Å². The van der Waals surface area contributed by atoms with Gasteiger partial charge in [0, 0.05) is 50.3 Å². The number of aromatic nitrogens is 1. The first kappa shape index (κ1) is 30.4. The van der Waals surface area contributed by atoms with Gasteiger partial charge < -0.3 is 19.5 Å². The molecule has 6 nitrogen and oxygen atoms in total. The van der Waals surface area contributed by atoms with E-state index in [1.54, 1.807) is 29.0 Å². The van der Waals surface area contributed by atoms with Crippen molar-refractivity contribution in [2.24, 2.45) is 0 Å². The van der Waals surface area contributed by atoms with Crippen LogP contribution in [0.3, 0.4) is 0 Å². The zero-order valence-corrected chi connectivity index (χ0v) is 23.6. The van der Waals surface area contributed by atoms with Crippen LogP contribution in [0.1, 0.15) is 69.4 Å². The molecule has 39 heavy (non-hydrogen) atoms. The van der Waals surface area contributed by atoms with Crippen molar-refractivity contribution in [3.8, 4) is 0 Å². The minimum Gasteiger partial charge on any atom is -0.383 e. The average Bonchev–Trinajstić information content (AvgIpc) is 3.36. The van der Waals surface area contributed by atoms with Gasteiger partial charge in [-0.3, -0.25) is 9.59 Å². The van der Waals surface area contributed by atoms with Gasteiger partial charge in [0.15, 0.2) is 0 Å². The maximum absolute atomic E-state index is 13.6. The summed E-state index contributed by atoms with van der Waals surface area (Å²) in [4.78, 5) is 33.4. The Morgan fingerprint density at radius 3 is 2.33 bits per heavy atom. The number of fused-ring (bicyclic) bond motifs is 1. The molecule has 0 radical (unpaired) electrons. The zero-order chi connectivity index (χ0) is 27.9. The summed E-state index contributed by atoms with van der Waals surface area (Å²) in [5.41, 5.74) is 3.04. The Bertz CT molecular complexity index is 1150. The van der Waals surface area contributed by atoms with Crippen LogP contribution in [-0.4, -0.2) is 59.9 Å². The second-order valence-electron chi connectivity index (χ2n) is 10.2. The first-order chi connectivity index (χ1) is 19.0. The molecule has 1 aromatic heterocycles. The number of hydrogen-bond acceptors (Lipinski definition) is 3. The molecule has 0 aliphatic rings. The number of ether oxygens (including phenoxy) is 1. The van der Waals surface area contributed by atoms with Gasteiger partial charge in [-0.1, -0.05) is 75.8 Å². The molecule has 0 unspecified atom stereocenters. The molecule has 0 atom stereocenters. The molecule has 3 rings (SSSR count). The minimum absolute atomic E-state index is 0.00711. The standard InChI is InChI=1S/C32H44FN3O3/c1-3-4-5-6-7-8-9-14-31(37)36(21-22-39-2)25-32(38)35(24-26-15-17-28(33)18-16-26)20-19-27-23-34-30-13-11-10-12-29(27)30/h10-13,15-18,23,34H,3-9,14,19-22,24-25H2,1-2H3. The SMILES string of the molecule is CCCCCCCCCC(=O)N(CCOC)CC(=O)N(CCc1c[nH]c2ccccc12)Cc1ccc(F)cc1. The van der Waals surface area contributed by atoms with Crippen molar-refractivity contribution in [1.29, 1.82) is 0 Å². The van der Waals surface area contributed by atoms with Gasteiger partial charge in [0.2, 0.25) is 11.8 Å². The van der Waals surface area contributed by atoms with Gasteiger partial charge in [-0.25, -0.2) is 4.39 Å². The molecular weight excluding hydrogens is 493 g/mol. The predicted molar refractivity (Wildman–Crippen MR) is 155 cm³/mol. The van der Waals surface area contributed by atoms with Crippen LogP contribution in [0.5, 0.6) is 0 Å². The number of amides is 2. The van der Waals surface area contributed by atoms with Crippen molar-refractivity contribution in [2.45, 2.75) is 71.3 Å². The number of halogens is 1. The van der Waals surface area contributed by atoms with Gasteiger partial charge in [-0.15, -0.1) is 0 Å². The van der Waals surface area contributed by atoms with Crippen LogP contribution >= 0.6 is 0 Å². The van der Waals surface area contributed by atoms with Crippen LogP contribution in [0.25, 0.3) is 10.9 Å². The number of para-hydroxylation sites is 1. The van der Waals surface area contributed by atoms with Gasteiger partial charge >= 0.3 is 0 Å². The monoisotopic (exact) mass is 537 g/mol. The lowest BCUT2D eigenvalue weighted by atomic mass is 10.1. The molecule has 0 spiro atoms. The number of methoxy groups -OCH3 is 1. The minimum atomic E-state index is -0.308. The lowest BCUT2D eigenvalue weighted by Gasteiger charge is -2.28. The molecule has 0 aliphatic heterocycles. The summed E-state index contributed by atoms with van der Waals surface area (Å²) in [6.07, 6.45) is 11.1. The van der Waals surface area contributed by atoms with Crippen LogP contribution < -0.4 is 0 Å². The van der Waals surface area contributed by atoms with Crippen LogP contribution in [0, 0.1) is 5.82 Å². The zero-order valence-electron chi connectivity index (χ0n) is 23.6. The average molecular weight is 538 g/mol. The number of carbonyl (C=O) groups is 2. The molecular formula is C32H44FN3O3. The molecule has 1 heterocycles. The van der Waals surface area contributed by atoms with Gasteiger partial charge in [-0.05, 0) is 42.2 Å². The molecule has 7 heteroatoms. The fraction of sp³-hybridized carbons (Fsp3) is 0.500. The van der Waals surface area contributed by atoms with Crippen LogP contribution in [-0.2, 0) is 27.3 Å². The maximum atomic E-state index is 13.6. The molecule has 0 saturated heterocycles. The Hall–Kier alpha value is -3.19. The smallest absolute Gasteiger partial charge is 0.242 e. The fourth-order valence-electron chi connectivity index (χ4n) is 4.84. The van der Waals surface area contributed by atoms with Crippen LogP contribution in [0.2, 0.25) is 0 Å². The van der Waals surface area contributed by atoms with E-state index in [1.807, 2.05) is 24.4 Å². The van der Waals surface area contributed by atoms with E-state index in [4.69, 9.17) is 4.74 Å². The van der Waals surface area contributed by atoms with Gasteiger partial charge in [0.1, 0.15) is 5.82 Å². The molecule has 2 aromatic carbocycles. The van der Waals surface area contributed by atoms with E-state index in [1.165, 1.54) is 37.8 Å². The summed E-state index contributed by atoms with van der Waals surface area (Å²) in [6, 6.07) is 14.3. The summed E-state index contributed by atoms with van der Waals surface area (Å²) < 4.78 is 18.7. The van der Waals surface area contributed by atoms with Crippen molar-refractivity contribution in [3.63, 3.8) is 0 Å². The topological polar surface area (TPSA) is 65.6 Å². The first-order valence-electron chi connectivity index (χ1n) is 14.4. The summed E-state index contributed by atoms with van der Waals surface area (Å²) in [6.45, 7) is 3.81. The largest absolute Gasteiger partial charge is 0.383 e. The predicted octanol–water partition coefficient (Wildman–Crippen LogP) is 6.49. The summed E-state index contributed by atoms with van der Waals surface area (Å²) >= 11 is 0. The van der Waals surface area contributed by atoms with E-state index in [0.29, 0.717) is 39.1 Å². The normalized spacial score (nSPS) is 11.2. The molecule has 0 saturated carbocycles. The fourth-order valence-corrected chi connectivity index (χ4v) is 4.84. The van der Waals surface area contributed by atoms with Gasteiger partial charge in [-0.2, -0.15) is 0 Å². The highest BCUT2D eigenvalue weighted by atomic mass is 19.1. The highest BCUT2D eigenvalue weighted by Gasteiger charge is 2.22. The summed E-state index contributed by atoms with van der Waals surface area (Å²) in [5, 5.41) is 1.14. The molecule has 2 amide bonds. The molecule has 0 fully saturated rings. The van der Waals surface area contributed by atoms with Crippen LogP contribution in [0.4, 0.5) is 4.39 Å². The van der Waals surface area contributed by atoms with Crippen LogP contribution in [0.15, 0.2) is 54.7 Å². The Kier molecular flexibility index (Phi) is 13.0. The van der Waals surface area contributed by atoms with Crippen molar-refractivity contribution in [3.05, 3.63) is 71.7 Å². The van der Waals surface area contributed by atoms with Gasteiger partial charge in [0.05, 0.1) is 13.2 Å². The van der Waals surface area contributed by atoms with Gasteiger partial charge in [0.25, 0.3) is 0 Å². The number of nitrogens with zero attached hydrogens (tertiary/aromatic N) is 2. The maximum Gasteiger partial charge on any atom is 0.242 e. The van der Waals surface area contributed by atoms with E-state index in [9.17, 15) is 14.0 Å². The third-order valence-electron chi connectivity index (χ3n) is 7.20. The number of unbranched alkanes of at least 4 members (excludes halogenated alkanes) is 6. The summed E-state index contributed by atoms with van der Waals surface area (Å²) in [7, 11) is 1.60. The molecule has 0 aliphatic carbocycles. The van der Waals surface area contributed by atoms with Crippen molar-refractivity contribution < 1.29 is 18.7 Å². The Balaban J connectivity index is 1.64. The van der Waals surface area contributed by atoms with Crippen molar-refractivity contribution in [2.75, 3.05) is 33.4 Å². The Labute approximate surface area is 232 Å². The Morgan fingerprint density at radius 1 is 0.872 bits per heavy atom. The third-order valence-corrected chi connectivity index (χ3v) is 7.20. The van der Waals surface area contributed by atoms with E-state index in [0.717, 1.165) is 41.3 Å². The third kappa shape index (κ3) is 10.1. The highest BCUT2D eigenvalue weighted by Crippen LogP contribution is 2.19. The number of H-pyrrole nitrogens is 1. The number of aromatic amines is 1.